The lowest BCUT2D eigenvalue weighted by molar-refractivity contribution is 0.00719. The second-order valence-corrected chi connectivity index (χ2v) is 5.02. The molecule has 0 amide bonds. The van der Waals surface area contributed by atoms with Crippen LogP contribution in [0.1, 0.15) is 36.4 Å². The van der Waals surface area contributed by atoms with Gasteiger partial charge in [0.05, 0.1) is 37.2 Å². The molecule has 3 rings (SSSR count). The largest absolute Gasteiger partial charge is 0.480 e. The molecule has 1 fully saturated rings. The Kier molecular flexibility index (Phi) is 3.48. The number of methoxy groups -OCH3 is 1. The van der Waals surface area contributed by atoms with E-state index in [1.807, 2.05) is 6.08 Å². The molecule has 1 aromatic heterocycles. The predicted octanol–water partition coefficient (Wildman–Crippen LogP) is 1.53. The zero-order chi connectivity index (χ0) is 13.2. The number of ether oxygens (including phenoxy) is 2. The van der Waals surface area contributed by atoms with Gasteiger partial charge in [0, 0.05) is 5.92 Å². The van der Waals surface area contributed by atoms with Gasteiger partial charge in [-0.1, -0.05) is 12.2 Å². The minimum Gasteiger partial charge on any atom is -0.480 e. The summed E-state index contributed by atoms with van der Waals surface area (Å²) in [6, 6.07) is 0. The number of aromatic nitrogens is 2. The Morgan fingerprint density at radius 1 is 1.37 bits per heavy atom. The number of rotatable bonds is 4. The summed E-state index contributed by atoms with van der Waals surface area (Å²) >= 11 is 0. The molecule has 1 N–H and O–H groups in total. The monoisotopic (exact) mass is 262 g/mol. The fourth-order valence-electron chi connectivity index (χ4n) is 2.87. The van der Waals surface area contributed by atoms with E-state index in [0.29, 0.717) is 5.88 Å². The number of nitrogens with zero attached hydrogens (tertiary/aromatic N) is 2. The highest BCUT2D eigenvalue weighted by Gasteiger charge is 2.30. The van der Waals surface area contributed by atoms with Gasteiger partial charge in [0.25, 0.3) is 0 Å². The summed E-state index contributed by atoms with van der Waals surface area (Å²) in [5, 5.41) is 9.09. The molecule has 2 unspecified atom stereocenters. The molecule has 5 heteroatoms. The quantitative estimate of drug-likeness (QED) is 0.891. The molecule has 0 radical (unpaired) electrons. The topological polar surface area (TPSA) is 64.5 Å². The molecule has 5 nitrogen and oxygen atoms in total. The van der Waals surface area contributed by atoms with E-state index in [9.17, 15) is 0 Å². The lowest BCUT2D eigenvalue weighted by Crippen LogP contribution is -2.16. The lowest BCUT2D eigenvalue weighted by Gasteiger charge is -2.16. The van der Waals surface area contributed by atoms with Gasteiger partial charge in [-0.15, -0.1) is 0 Å². The SMILES string of the molecule is COc1ncnc2c1C=CC2CC1CC[C@@H](CO)O1. The number of hydrogen-bond donors (Lipinski definition) is 1. The van der Waals surface area contributed by atoms with Gasteiger partial charge in [0.1, 0.15) is 6.33 Å². The summed E-state index contributed by atoms with van der Waals surface area (Å²) in [4.78, 5) is 8.48. The van der Waals surface area contributed by atoms with Crippen molar-refractivity contribution in [2.45, 2.75) is 37.4 Å². The Morgan fingerprint density at radius 2 is 2.21 bits per heavy atom. The van der Waals surface area contributed by atoms with Crippen LogP contribution in [0.15, 0.2) is 12.4 Å². The summed E-state index contributed by atoms with van der Waals surface area (Å²) in [6.07, 6.45) is 8.78. The van der Waals surface area contributed by atoms with Crippen LogP contribution in [0.3, 0.4) is 0 Å². The van der Waals surface area contributed by atoms with Crippen molar-refractivity contribution in [1.29, 1.82) is 0 Å². The van der Waals surface area contributed by atoms with Crippen molar-refractivity contribution in [3.63, 3.8) is 0 Å². The van der Waals surface area contributed by atoms with Crippen LogP contribution in [0, 0.1) is 0 Å². The first-order valence-corrected chi connectivity index (χ1v) is 6.65. The second-order valence-electron chi connectivity index (χ2n) is 5.02. The van der Waals surface area contributed by atoms with Gasteiger partial charge in [-0.3, -0.25) is 0 Å². The van der Waals surface area contributed by atoms with Crippen LogP contribution in [0.25, 0.3) is 6.08 Å². The maximum atomic E-state index is 9.09. The van der Waals surface area contributed by atoms with Crippen molar-refractivity contribution in [2.75, 3.05) is 13.7 Å². The number of aliphatic hydroxyl groups excluding tert-OH is 1. The van der Waals surface area contributed by atoms with Crippen molar-refractivity contribution >= 4 is 6.08 Å². The predicted molar refractivity (Wildman–Crippen MR) is 70.0 cm³/mol. The Balaban J connectivity index is 1.72. The minimum atomic E-state index is 0.00906. The number of fused-ring (bicyclic) bond motifs is 1. The van der Waals surface area contributed by atoms with E-state index in [1.54, 1.807) is 13.4 Å². The van der Waals surface area contributed by atoms with E-state index in [2.05, 4.69) is 16.0 Å². The average Bonchev–Trinajstić information content (AvgIpc) is 3.06. The molecule has 1 aliphatic heterocycles. The lowest BCUT2D eigenvalue weighted by atomic mass is 9.98. The molecule has 2 heterocycles. The highest BCUT2D eigenvalue weighted by molar-refractivity contribution is 5.64. The van der Waals surface area contributed by atoms with Crippen LogP contribution in [0.2, 0.25) is 0 Å². The standard InChI is InChI=1S/C14H18N2O3/c1-18-14-12-5-2-9(13(12)15-8-16-14)6-10-3-4-11(7-17)19-10/h2,5,8-11,17H,3-4,6-7H2,1H3/t9?,10?,11-/m0/s1. The highest BCUT2D eigenvalue weighted by Crippen LogP contribution is 2.37. The zero-order valence-electron chi connectivity index (χ0n) is 11.0. The van der Waals surface area contributed by atoms with E-state index >= 15 is 0 Å². The molecule has 3 atom stereocenters. The number of hydrogen-bond acceptors (Lipinski definition) is 5. The van der Waals surface area contributed by atoms with Gasteiger partial charge in [-0.25, -0.2) is 9.97 Å². The molecule has 0 spiro atoms. The summed E-state index contributed by atoms with van der Waals surface area (Å²) in [7, 11) is 1.62. The summed E-state index contributed by atoms with van der Waals surface area (Å²) in [6.45, 7) is 0.115. The van der Waals surface area contributed by atoms with E-state index in [4.69, 9.17) is 14.6 Å². The van der Waals surface area contributed by atoms with E-state index < -0.39 is 0 Å². The summed E-state index contributed by atoms with van der Waals surface area (Å²) < 4.78 is 11.0. The van der Waals surface area contributed by atoms with Gasteiger partial charge in [0.15, 0.2) is 0 Å². The molecule has 102 valence electrons. The molecule has 1 aromatic rings. The van der Waals surface area contributed by atoms with Crippen LogP contribution in [-0.2, 0) is 4.74 Å². The van der Waals surface area contributed by atoms with Gasteiger partial charge < -0.3 is 14.6 Å². The number of aliphatic hydroxyl groups is 1. The third-order valence-corrected chi connectivity index (χ3v) is 3.83. The Morgan fingerprint density at radius 3 is 2.95 bits per heavy atom. The smallest absolute Gasteiger partial charge is 0.223 e. The fourth-order valence-corrected chi connectivity index (χ4v) is 2.87. The first kappa shape index (κ1) is 12.6. The molecule has 0 bridgehead atoms. The Hall–Kier alpha value is -1.46. The summed E-state index contributed by atoms with van der Waals surface area (Å²) in [5.74, 6) is 0.888. The second kappa shape index (κ2) is 5.27. The molecular weight excluding hydrogens is 244 g/mol. The van der Waals surface area contributed by atoms with Gasteiger partial charge in [-0.05, 0) is 19.3 Å². The molecule has 0 aromatic carbocycles. The van der Waals surface area contributed by atoms with Crippen LogP contribution >= 0.6 is 0 Å². The molecule has 1 aliphatic carbocycles. The molecule has 19 heavy (non-hydrogen) atoms. The van der Waals surface area contributed by atoms with E-state index in [1.165, 1.54) is 0 Å². The number of allylic oxidation sites excluding steroid dienone is 1. The van der Waals surface area contributed by atoms with Crippen molar-refractivity contribution in [3.8, 4) is 5.88 Å². The Bertz CT molecular complexity index is 490. The molecular formula is C14H18N2O3. The van der Waals surface area contributed by atoms with Gasteiger partial charge >= 0.3 is 0 Å². The molecule has 0 saturated carbocycles. The van der Waals surface area contributed by atoms with Gasteiger partial charge in [0.2, 0.25) is 5.88 Å². The van der Waals surface area contributed by atoms with Crippen LogP contribution in [0.5, 0.6) is 5.88 Å². The maximum absolute atomic E-state index is 9.09. The fraction of sp³-hybridized carbons (Fsp3) is 0.571. The van der Waals surface area contributed by atoms with Crippen molar-refractivity contribution in [2.24, 2.45) is 0 Å². The average molecular weight is 262 g/mol. The van der Waals surface area contributed by atoms with Crippen molar-refractivity contribution in [1.82, 2.24) is 9.97 Å². The van der Waals surface area contributed by atoms with E-state index in [0.717, 1.165) is 30.5 Å². The molecule has 2 aliphatic rings. The third kappa shape index (κ3) is 2.35. The first-order chi connectivity index (χ1) is 9.31. The van der Waals surface area contributed by atoms with Crippen LogP contribution in [0.4, 0.5) is 0 Å². The van der Waals surface area contributed by atoms with Crippen molar-refractivity contribution < 1.29 is 14.6 Å². The van der Waals surface area contributed by atoms with Gasteiger partial charge in [-0.2, -0.15) is 0 Å². The Labute approximate surface area is 112 Å². The molecule has 1 saturated heterocycles. The van der Waals surface area contributed by atoms with Crippen LogP contribution < -0.4 is 4.74 Å². The van der Waals surface area contributed by atoms with Crippen molar-refractivity contribution in [3.05, 3.63) is 23.7 Å². The van der Waals surface area contributed by atoms with E-state index in [-0.39, 0.29) is 24.7 Å². The zero-order valence-corrected chi connectivity index (χ0v) is 11.0. The summed E-state index contributed by atoms with van der Waals surface area (Å²) in [5.41, 5.74) is 2.00. The highest BCUT2D eigenvalue weighted by atomic mass is 16.5. The third-order valence-electron chi connectivity index (χ3n) is 3.83. The minimum absolute atomic E-state index is 0.00906. The normalized spacial score (nSPS) is 28.6. The first-order valence-electron chi connectivity index (χ1n) is 6.65. The van der Waals surface area contributed by atoms with Crippen LogP contribution in [-0.4, -0.2) is 41.0 Å². The maximum Gasteiger partial charge on any atom is 0.223 e.